The Morgan fingerprint density at radius 1 is 1.24 bits per heavy atom. The maximum absolute atomic E-state index is 5.95. The minimum Gasteiger partial charge on any atom is -0.371 e. The molecule has 0 amide bonds. The number of fused-ring (bicyclic) bond motifs is 1. The fourth-order valence-corrected chi connectivity index (χ4v) is 3.30. The van der Waals surface area contributed by atoms with Crippen molar-refractivity contribution >= 4 is 16.6 Å². The Kier molecular flexibility index (Phi) is 4.08. The molecule has 1 saturated heterocycles. The largest absolute Gasteiger partial charge is 0.371 e. The topological polar surface area (TPSA) is 45.4 Å². The summed E-state index contributed by atoms with van der Waals surface area (Å²) in [5, 5.41) is 1.23. The number of nitrogens with two attached hydrogens (primary N) is 1. The number of anilines is 1. The van der Waals surface area contributed by atoms with Crippen LogP contribution in [0.15, 0.2) is 30.5 Å². The van der Waals surface area contributed by atoms with Crippen molar-refractivity contribution < 1.29 is 0 Å². The third kappa shape index (κ3) is 2.74. The van der Waals surface area contributed by atoms with Crippen molar-refractivity contribution in [1.29, 1.82) is 0 Å². The molecule has 1 aromatic carbocycles. The van der Waals surface area contributed by atoms with Crippen LogP contribution in [0.1, 0.15) is 18.4 Å². The van der Waals surface area contributed by atoms with E-state index in [1.165, 1.54) is 23.9 Å². The lowest BCUT2D eigenvalue weighted by Crippen LogP contribution is -2.42. The first-order valence-corrected chi connectivity index (χ1v) is 7.68. The first kappa shape index (κ1) is 14.3. The average molecular weight is 284 g/mol. The van der Waals surface area contributed by atoms with Crippen LogP contribution in [0.5, 0.6) is 0 Å². The number of rotatable bonds is 3. The molecule has 0 radical (unpaired) electrons. The third-order valence-corrected chi connectivity index (χ3v) is 4.55. The molecule has 0 aliphatic carbocycles. The van der Waals surface area contributed by atoms with Gasteiger partial charge in [-0.05, 0) is 33.0 Å². The fraction of sp³-hybridized carbons (Fsp3) is 0.471. The highest BCUT2D eigenvalue weighted by atomic mass is 15.2. The average Bonchev–Trinajstić information content (AvgIpc) is 2.53. The van der Waals surface area contributed by atoms with Crippen LogP contribution >= 0.6 is 0 Å². The highest BCUT2D eigenvalue weighted by Gasteiger charge is 2.23. The molecule has 2 heterocycles. The number of para-hydroxylation sites is 1. The van der Waals surface area contributed by atoms with Gasteiger partial charge in [-0.25, -0.2) is 0 Å². The van der Waals surface area contributed by atoms with Gasteiger partial charge in [0.1, 0.15) is 0 Å². The number of pyridine rings is 1. The van der Waals surface area contributed by atoms with Crippen LogP contribution in [0.3, 0.4) is 0 Å². The van der Waals surface area contributed by atoms with E-state index < -0.39 is 0 Å². The minimum absolute atomic E-state index is 0.542. The van der Waals surface area contributed by atoms with Gasteiger partial charge in [-0.3, -0.25) is 4.98 Å². The molecule has 0 spiro atoms. The molecule has 4 nitrogen and oxygen atoms in total. The van der Waals surface area contributed by atoms with Crippen LogP contribution < -0.4 is 10.6 Å². The first-order valence-electron chi connectivity index (χ1n) is 7.68. The maximum atomic E-state index is 5.95. The number of hydrogen-bond acceptors (Lipinski definition) is 4. The van der Waals surface area contributed by atoms with E-state index in [0.29, 0.717) is 12.6 Å². The molecule has 112 valence electrons. The van der Waals surface area contributed by atoms with E-state index in [0.717, 1.165) is 24.2 Å². The Balaban J connectivity index is 1.96. The van der Waals surface area contributed by atoms with E-state index in [4.69, 9.17) is 5.73 Å². The second-order valence-corrected chi connectivity index (χ2v) is 6.04. The summed E-state index contributed by atoms with van der Waals surface area (Å²) in [6, 6.07) is 9.05. The predicted molar refractivity (Wildman–Crippen MR) is 88.6 cm³/mol. The summed E-state index contributed by atoms with van der Waals surface area (Å²) in [4.78, 5) is 9.37. The summed E-state index contributed by atoms with van der Waals surface area (Å²) in [5.74, 6) is 0. The van der Waals surface area contributed by atoms with Gasteiger partial charge in [-0.2, -0.15) is 0 Å². The molecule has 0 saturated carbocycles. The Labute approximate surface area is 126 Å². The standard InChI is InChI=1S/C17H24N4/c1-20(2)14-7-9-21(10-8-14)17-13(11-18)12-19-16-6-4-3-5-15(16)17/h3-6,12,14H,7-11,18H2,1-2H3. The van der Waals surface area contributed by atoms with Crippen LogP contribution in [0.4, 0.5) is 5.69 Å². The molecule has 0 atom stereocenters. The summed E-state index contributed by atoms with van der Waals surface area (Å²) in [6.45, 7) is 2.72. The zero-order valence-corrected chi connectivity index (χ0v) is 12.9. The minimum atomic E-state index is 0.542. The molecule has 1 fully saturated rings. The van der Waals surface area contributed by atoms with E-state index in [9.17, 15) is 0 Å². The van der Waals surface area contributed by atoms with Crippen LogP contribution in [-0.4, -0.2) is 43.1 Å². The van der Waals surface area contributed by atoms with E-state index in [-0.39, 0.29) is 0 Å². The number of hydrogen-bond donors (Lipinski definition) is 1. The predicted octanol–water partition coefficient (Wildman–Crippen LogP) is 2.22. The fourth-order valence-electron chi connectivity index (χ4n) is 3.30. The quantitative estimate of drug-likeness (QED) is 0.939. The first-order chi connectivity index (χ1) is 10.2. The number of piperidine rings is 1. The Morgan fingerprint density at radius 2 is 1.95 bits per heavy atom. The second-order valence-electron chi connectivity index (χ2n) is 6.04. The molecule has 0 unspecified atom stereocenters. The Morgan fingerprint density at radius 3 is 2.62 bits per heavy atom. The molecule has 4 heteroatoms. The summed E-state index contributed by atoms with van der Waals surface area (Å²) in [5.41, 5.74) is 9.45. The molecular formula is C17H24N4. The van der Waals surface area contributed by atoms with Gasteiger partial charge in [0.2, 0.25) is 0 Å². The van der Waals surface area contributed by atoms with Crippen molar-refractivity contribution in [3.8, 4) is 0 Å². The van der Waals surface area contributed by atoms with E-state index in [1.54, 1.807) is 0 Å². The van der Waals surface area contributed by atoms with Crippen LogP contribution in [0.25, 0.3) is 10.9 Å². The highest BCUT2D eigenvalue weighted by Crippen LogP contribution is 2.31. The molecule has 21 heavy (non-hydrogen) atoms. The third-order valence-electron chi connectivity index (χ3n) is 4.55. The van der Waals surface area contributed by atoms with Gasteiger partial charge in [0.05, 0.1) is 11.2 Å². The van der Waals surface area contributed by atoms with Crippen molar-refractivity contribution in [2.24, 2.45) is 5.73 Å². The summed E-state index contributed by atoms with van der Waals surface area (Å²) in [6.07, 6.45) is 4.34. The van der Waals surface area contributed by atoms with Gasteiger partial charge in [0.25, 0.3) is 0 Å². The zero-order valence-electron chi connectivity index (χ0n) is 12.9. The zero-order chi connectivity index (χ0) is 14.8. The number of aromatic nitrogens is 1. The number of benzene rings is 1. The van der Waals surface area contributed by atoms with Crippen molar-refractivity contribution in [3.63, 3.8) is 0 Å². The van der Waals surface area contributed by atoms with Gasteiger partial charge < -0.3 is 15.5 Å². The second kappa shape index (κ2) is 6.00. The summed E-state index contributed by atoms with van der Waals surface area (Å²) < 4.78 is 0. The van der Waals surface area contributed by atoms with Crippen molar-refractivity contribution in [2.45, 2.75) is 25.4 Å². The lowest BCUT2D eigenvalue weighted by atomic mass is 10.0. The Bertz CT molecular complexity index is 615. The summed E-state index contributed by atoms with van der Waals surface area (Å²) in [7, 11) is 4.35. The van der Waals surface area contributed by atoms with Crippen molar-refractivity contribution in [2.75, 3.05) is 32.1 Å². The SMILES string of the molecule is CN(C)C1CCN(c2c(CN)cnc3ccccc23)CC1. The van der Waals surface area contributed by atoms with Gasteiger partial charge in [-0.1, -0.05) is 18.2 Å². The lowest BCUT2D eigenvalue weighted by molar-refractivity contribution is 0.249. The molecule has 1 aliphatic heterocycles. The molecule has 3 rings (SSSR count). The number of nitrogens with zero attached hydrogens (tertiary/aromatic N) is 3. The van der Waals surface area contributed by atoms with Gasteiger partial charge in [0.15, 0.2) is 0 Å². The highest BCUT2D eigenvalue weighted by molar-refractivity contribution is 5.93. The summed E-state index contributed by atoms with van der Waals surface area (Å²) >= 11 is 0. The normalized spacial score (nSPS) is 16.9. The monoisotopic (exact) mass is 284 g/mol. The maximum Gasteiger partial charge on any atom is 0.0723 e. The van der Waals surface area contributed by atoms with E-state index in [2.05, 4.69) is 47.1 Å². The van der Waals surface area contributed by atoms with Gasteiger partial charge in [-0.15, -0.1) is 0 Å². The van der Waals surface area contributed by atoms with Crippen molar-refractivity contribution in [3.05, 3.63) is 36.0 Å². The Hall–Kier alpha value is -1.65. The van der Waals surface area contributed by atoms with E-state index in [1.807, 2.05) is 12.3 Å². The molecule has 0 bridgehead atoms. The molecule has 2 aromatic rings. The molecule has 2 N–H and O–H groups in total. The van der Waals surface area contributed by atoms with Crippen LogP contribution in [-0.2, 0) is 6.54 Å². The molecular weight excluding hydrogens is 260 g/mol. The van der Waals surface area contributed by atoms with Gasteiger partial charge >= 0.3 is 0 Å². The van der Waals surface area contributed by atoms with E-state index >= 15 is 0 Å². The lowest BCUT2D eigenvalue weighted by Gasteiger charge is -2.37. The van der Waals surface area contributed by atoms with Crippen LogP contribution in [0.2, 0.25) is 0 Å². The van der Waals surface area contributed by atoms with Crippen LogP contribution in [0, 0.1) is 0 Å². The smallest absolute Gasteiger partial charge is 0.0723 e. The van der Waals surface area contributed by atoms with Crippen molar-refractivity contribution in [1.82, 2.24) is 9.88 Å². The molecule has 1 aromatic heterocycles. The molecule has 1 aliphatic rings. The van der Waals surface area contributed by atoms with Gasteiger partial charge in [0, 0.05) is 42.8 Å².